The summed E-state index contributed by atoms with van der Waals surface area (Å²) in [6, 6.07) is 4.26. The molecular formula is C13H15FN2O4S. The average Bonchev–Trinajstić information content (AvgIpc) is 2.75. The SMILES string of the molecule is NS(=O)(=O)c1cn(CCCCC(=O)O)c2cccc(F)c12. The number of rotatable bonds is 6. The van der Waals surface area contributed by atoms with Crippen molar-refractivity contribution in [2.24, 2.45) is 5.14 Å². The Bertz CT molecular complexity index is 783. The highest BCUT2D eigenvalue weighted by Crippen LogP contribution is 2.27. The van der Waals surface area contributed by atoms with Gasteiger partial charge in [-0.05, 0) is 25.0 Å². The molecule has 0 aliphatic rings. The third kappa shape index (κ3) is 3.40. The van der Waals surface area contributed by atoms with E-state index < -0.39 is 21.8 Å². The van der Waals surface area contributed by atoms with Crippen molar-refractivity contribution in [2.45, 2.75) is 30.7 Å². The minimum Gasteiger partial charge on any atom is -0.481 e. The Balaban J connectivity index is 2.37. The second-order valence-electron chi connectivity index (χ2n) is 4.72. The second kappa shape index (κ2) is 5.82. The number of carbonyl (C=O) groups is 1. The van der Waals surface area contributed by atoms with Crippen molar-refractivity contribution < 1.29 is 22.7 Å². The summed E-state index contributed by atoms with van der Waals surface area (Å²) in [5.74, 6) is -1.54. The Morgan fingerprint density at radius 3 is 2.67 bits per heavy atom. The number of carboxylic acids is 1. The third-order valence-electron chi connectivity index (χ3n) is 3.17. The van der Waals surface area contributed by atoms with Crippen LogP contribution in [0.2, 0.25) is 0 Å². The molecule has 114 valence electrons. The van der Waals surface area contributed by atoms with Gasteiger partial charge in [0.2, 0.25) is 10.0 Å². The standard InChI is InChI=1S/C13H15FN2O4S/c14-9-4-3-5-10-13(9)11(21(15,19)20)8-16(10)7-2-1-6-12(17)18/h3-5,8H,1-2,6-7H2,(H,17,18)(H2,15,19,20). The Morgan fingerprint density at radius 1 is 1.33 bits per heavy atom. The number of aryl methyl sites for hydroxylation is 1. The van der Waals surface area contributed by atoms with E-state index in [1.54, 1.807) is 10.6 Å². The van der Waals surface area contributed by atoms with E-state index in [0.29, 0.717) is 24.9 Å². The zero-order chi connectivity index (χ0) is 15.6. The van der Waals surface area contributed by atoms with Crippen molar-refractivity contribution in [3.8, 4) is 0 Å². The Kier molecular flexibility index (Phi) is 4.29. The van der Waals surface area contributed by atoms with Crippen molar-refractivity contribution in [2.75, 3.05) is 0 Å². The monoisotopic (exact) mass is 314 g/mol. The lowest BCUT2D eigenvalue weighted by Gasteiger charge is -2.04. The predicted molar refractivity (Wildman–Crippen MR) is 74.8 cm³/mol. The van der Waals surface area contributed by atoms with Gasteiger partial charge < -0.3 is 9.67 Å². The highest BCUT2D eigenvalue weighted by molar-refractivity contribution is 7.89. The van der Waals surface area contributed by atoms with E-state index in [0.717, 1.165) is 0 Å². The molecule has 0 spiro atoms. The molecule has 1 aromatic heterocycles. The maximum atomic E-state index is 13.9. The van der Waals surface area contributed by atoms with Crippen molar-refractivity contribution in [3.05, 3.63) is 30.2 Å². The summed E-state index contributed by atoms with van der Waals surface area (Å²) in [6.07, 6.45) is 2.32. The smallest absolute Gasteiger partial charge is 0.303 e. The van der Waals surface area contributed by atoms with E-state index in [1.807, 2.05) is 0 Å². The Hall–Kier alpha value is -1.93. The topological polar surface area (TPSA) is 102 Å². The summed E-state index contributed by atoms with van der Waals surface area (Å²) in [6.45, 7) is 0.392. The van der Waals surface area contributed by atoms with Gasteiger partial charge >= 0.3 is 5.97 Å². The molecule has 2 rings (SSSR count). The molecule has 1 heterocycles. The molecule has 21 heavy (non-hydrogen) atoms. The van der Waals surface area contributed by atoms with Gasteiger partial charge in [-0.2, -0.15) is 0 Å². The van der Waals surface area contributed by atoms with Crippen molar-refractivity contribution >= 4 is 26.9 Å². The number of nitrogens with two attached hydrogens (primary N) is 1. The summed E-state index contributed by atoms with van der Waals surface area (Å²) < 4.78 is 38.6. The molecule has 0 bridgehead atoms. The summed E-state index contributed by atoms with van der Waals surface area (Å²) in [5.41, 5.74) is 0.425. The Labute approximate surface area is 121 Å². The van der Waals surface area contributed by atoms with Crippen molar-refractivity contribution in [1.82, 2.24) is 4.57 Å². The average molecular weight is 314 g/mol. The zero-order valence-corrected chi connectivity index (χ0v) is 11.9. The first-order valence-electron chi connectivity index (χ1n) is 6.32. The number of carboxylic acid groups (broad SMARTS) is 1. The number of sulfonamides is 1. The van der Waals surface area contributed by atoms with Crippen LogP contribution >= 0.6 is 0 Å². The third-order valence-corrected chi connectivity index (χ3v) is 4.09. The molecule has 2 aromatic rings. The minimum absolute atomic E-state index is 0.0294. The molecule has 0 amide bonds. The number of primary sulfonamides is 1. The molecule has 0 fully saturated rings. The number of nitrogens with zero attached hydrogens (tertiary/aromatic N) is 1. The number of aliphatic carboxylic acids is 1. The first-order chi connectivity index (χ1) is 9.80. The fraction of sp³-hybridized carbons (Fsp3) is 0.308. The van der Waals surface area contributed by atoms with Crippen LogP contribution in [0.4, 0.5) is 4.39 Å². The van der Waals surface area contributed by atoms with Crippen LogP contribution in [0.3, 0.4) is 0 Å². The minimum atomic E-state index is -4.03. The zero-order valence-electron chi connectivity index (χ0n) is 11.1. The molecular weight excluding hydrogens is 299 g/mol. The van der Waals surface area contributed by atoms with Crippen molar-refractivity contribution in [3.63, 3.8) is 0 Å². The van der Waals surface area contributed by atoms with Gasteiger partial charge in [-0.25, -0.2) is 17.9 Å². The number of aromatic nitrogens is 1. The summed E-state index contributed by atoms with van der Waals surface area (Å²) in [7, 11) is -4.03. The molecule has 1 aromatic carbocycles. The lowest BCUT2D eigenvalue weighted by molar-refractivity contribution is -0.137. The molecule has 0 atom stereocenters. The number of benzene rings is 1. The van der Waals surface area contributed by atoms with Crippen LogP contribution in [0.5, 0.6) is 0 Å². The normalized spacial score (nSPS) is 11.9. The van der Waals surface area contributed by atoms with Crippen LogP contribution in [0.25, 0.3) is 10.9 Å². The number of fused-ring (bicyclic) bond motifs is 1. The van der Waals surface area contributed by atoms with E-state index in [-0.39, 0.29) is 16.7 Å². The summed E-state index contributed by atoms with van der Waals surface area (Å²) in [4.78, 5) is 10.2. The van der Waals surface area contributed by atoms with Gasteiger partial charge in [-0.3, -0.25) is 4.79 Å². The van der Waals surface area contributed by atoms with Gasteiger partial charge in [0.1, 0.15) is 10.7 Å². The van der Waals surface area contributed by atoms with Gasteiger partial charge in [-0.1, -0.05) is 6.07 Å². The largest absolute Gasteiger partial charge is 0.481 e. The van der Waals surface area contributed by atoms with E-state index in [4.69, 9.17) is 10.2 Å². The second-order valence-corrected chi connectivity index (χ2v) is 6.25. The number of hydrogen-bond acceptors (Lipinski definition) is 3. The van der Waals surface area contributed by atoms with Crippen molar-refractivity contribution in [1.29, 1.82) is 0 Å². The lowest BCUT2D eigenvalue weighted by Crippen LogP contribution is -2.12. The highest BCUT2D eigenvalue weighted by atomic mass is 32.2. The van der Waals surface area contributed by atoms with Crippen LogP contribution in [0, 0.1) is 5.82 Å². The summed E-state index contributed by atoms with van der Waals surface area (Å²) in [5, 5.41) is 13.7. The van der Waals surface area contributed by atoms with Crippen LogP contribution < -0.4 is 5.14 Å². The molecule has 0 saturated heterocycles. The van der Waals surface area contributed by atoms with Crippen LogP contribution in [-0.2, 0) is 21.4 Å². The molecule has 0 radical (unpaired) electrons. The molecule has 6 nitrogen and oxygen atoms in total. The molecule has 3 N–H and O–H groups in total. The summed E-state index contributed by atoms with van der Waals surface area (Å²) >= 11 is 0. The van der Waals surface area contributed by atoms with Gasteiger partial charge in [-0.15, -0.1) is 0 Å². The highest BCUT2D eigenvalue weighted by Gasteiger charge is 2.20. The quantitative estimate of drug-likeness (QED) is 0.792. The van der Waals surface area contributed by atoms with E-state index in [2.05, 4.69) is 0 Å². The maximum Gasteiger partial charge on any atom is 0.303 e. The number of halogens is 1. The van der Waals surface area contributed by atoms with Crippen LogP contribution in [-0.4, -0.2) is 24.1 Å². The van der Waals surface area contributed by atoms with E-state index >= 15 is 0 Å². The lowest BCUT2D eigenvalue weighted by atomic mass is 10.2. The number of unbranched alkanes of at least 4 members (excludes halogenated alkanes) is 1. The van der Waals surface area contributed by atoms with Gasteiger partial charge in [0.05, 0.1) is 10.9 Å². The van der Waals surface area contributed by atoms with Crippen LogP contribution in [0.1, 0.15) is 19.3 Å². The molecule has 0 unspecified atom stereocenters. The fourth-order valence-corrected chi connectivity index (χ4v) is 2.99. The van der Waals surface area contributed by atoms with E-state index in [1.165, 1.54) is 18.3 Å². The maximum absolute atomic E-state index is 13.9. The van der Waals surface area contributed by atoms with E-state index in [9.17, 15) is 17.6 Å². The Morgan fingerprint density at radius 2 is 2.05 bits per heavy atom. The molecule has 0 saturated carbocycles. The molecule has 0 aliphatic heterocycles. The van der Waals surface area contributed by atoms with Gasteiger partial charge in [0.15, 0.2) is 0 Å². The molecule has 8 heteroatoms. The van der Waals surface area contributed by atoms with Crippen LogP contribution in [0.15, 0.2) is 29.3 Å². The fourth-order valence-electron chi connectivity index (χ4n) is 2.23. The first kappa shape index (κ1) is 15.5. The van der Waals surface area contributed by atoms with Gasteiger partial charge in [0.25, 0.3) is 0 Å². The predicted octanol–water partition coefficient (Wildman–Crippen LogP) is 1.68. The first-order valence-corrected chi connectivity index (χ1v) is 7.87. The van der Waals surface area contributed by atoms with Gasteiger partial charge in [0, 0.05) is 19.2 Å². The number of hydrogen-bond donors (Lipinski definition) is 2. The molecule has 0 aliphatic carbocycles.